The van der Waals surface area contributed by atoms with Gasteiger partial charge < -0.3 is 4.57 Å². The lowest BCUT2D eigenvalue weighted by Gasteiger charge is -2.19. The Labute approximate surface area is 220 Å². The van der Waals surface area contributed by atoms with Crippen LogP contribution < -0.4 is 5.19 Å². The molecule has 3 heteroatoms. The Morgan fingerprint density at radius 3 is 2.16 bits per heavy atom. The molecule has 184 valence electrons. The van der Waals surface area contributed by atoms with Crippen molar-refractivity contribution in [1.82, 2.24) is 9.55 Å². The van der Waals surface area contributed by atoms with Crippen LogP contribution >= 0.6 is 0 Å². The van der Waals surface area contributed by atoms with E-state index in [0.29, 0.717) is 5.92 Å². The van der Waals surface area contributed by atoms with Gasteiger partial charge in [-0.05, 0) is 41.3 Å². The highest BCUT2D eigenvalue weighted by atomic mass is 28.3. The number of rotatable bonds is 5. The van der Waals surface area contributed by atoms with Gasteiger partial charge in [-0.25, -0.2) is 4.98 Å². The van der Waals surface area contributed by atoms with Gasteiger partial charge in [-0.1, -0.05) is 111 Å². The quantitative estimate of drug-likeness (QED) is 0.217. The van der Waals surface area contributed by atoms with Crippen molar-refractivity contribution in [2.45, 2.75) is 40.0 Å². The fraction of sp³-hybridized carbons (Fsp3) is 0.206. The second-order valence-electron chi connectivity index (χ2n) is 11.7. The molecular formula is C34H34N2Si. The number of para-hydroxylation sites is 1. The van der Waals surface area contributed by atoms with Crippen molar-refractivity contribution in [3.05, 3.63) is 97.1 Å². The second kappa shape index (κ2) is 9.00. The fourth-order valence-electron chi connectivity index (χ4n) is 5.47. The van der Waals surface area contributed by atoms with Crippen LogP contribution in [0.3, 0.4) is 0 Å². The van der Waals surface area contributed by atoms with Crippen LogP contribution in [0.2, 0.25) is 19.6 Å². The van der Waals surface area contributed by atoms with E-state index in [1.54, 1.807) is 0 Å². The van der Waals surface area contributed by atoms with Gasteiger partial charge in [0, 0.05) is 39.3 Å². The molecule has 0 spiro atoms. The monoisotopic (exact) mass is 498 g/mol. The molecule has 0 fully saturated rings. The Hall–Kier alpha value is -3.69. The van der Waals surface area contributed by atoms with Gasteiger partial charge in [-0.3, -0.25) is 0 Å². The van der Waals surface area contributed by atoms with Gasteiger partial charge in [0.2, 0.25) is 0 Å². The first-order chi connectivity index (χ1) is 17.8. The molecule has 0 saturated heterocycles. The summed E-state index contributed by atoms with van der Waals surface area (Å²) < 4.78 is 2.48. The lowest BCUT2D eigenvalue weighted by atomic mass is 9.98. The topological polar surface area (TPSA) is 17.8 Å². The molecule has 6 aromatic rings. The molecule has 2 heterocycles. The molecule has 2 aromatic heterocycles. The van der Waals surface area contributed by atoms with Crippen LogP contribution in [0.1, 0.15) is 13.8 Å². The number of pyridine rings is 1. The maximum atomic E-state index is 5.21. The van der Waals surface area contributed by atoms with Crippen LogP contribution in [0.4, 0.5) is 0 Å². The van der Waals surface area contributed by atoms with Crippen LogP contribution in [0.15, 0.2) is 97.1 Å². The summed E-state index contributed by atoms with van der Waals surface area (Å²) in [5.41, 5.74) is 8.32. The van der Waals surface area contributed by atoms with E-state index in [0.717, 1.165) is 23.3 Å². The molecule has 2 nitrogen and oxygen atoms in total. The van der Waals surface area contributed by atoms with Crippen molar-refractivity contribution in [1.29, 1.82) is 0 Å². The van der Waals surface area contributed by atoms with E-state index in [4.69, 9.17) is 4.98 Å². The van der Waals surface area contributed by atoms with Crippen molar-refractivity contribution >= 4 is 46.0 Å². The van der Waals surface area contributed by atoms with Gasteiger partial charge in [0.1, 0.15) is 0 Å². The highest BCUT2D eigenvalue weighted by Gasteiger charge is 2.19. The number of hydrogen-bond donors (Lipinski definition) is 0. The first-order valence-corrected chi connectivity index (χ1v) is 16.8. The lowest BCUT2D eigenvalue weighted by molar-refractivity contribution is 0.545. The summed E-state index contributed by atoms with van der Waals surface area (Å²) in [6, 6.07) is 35.6. The first-order valence-electron chi connectivity index (χ1n) is 13.3. The summed E-state index contributed by atoms with van der Waals surface area (Å²) in [4.78, 5) is 5.21. The summed E-state index contributed by atoms with van der Waals surface area (Å²) in [5, 5.41) is 5.33. The van der Waals surface area contributed by atoms with Crippen molar-refractivity contribution in [2.24, 2.45) is 5.92 Å². The highest BCUT2D eigenvalue weighted by Crippen LogP contribution is 2.36. The summed E-state index contributed by atoms with van der Waals surface area (Å²) >= 11 is 0. The van der Waals surface area contributed by atoms with Crippen molar-refractivity contribution < 1.29 is 0 Å². The predicted octanol–water partition coefficient (Wildman–Crippen LogP) is 8.88. The van der Waals surface area contributed by atoms with E-state index in [2.05, 4.69) is 135 Å². The first kappa shape index (κ1) is 23.7. The SMILES string of the molecule is CC(C)Cn1c2ccccc2c2ccc(-c3cc(-c4ccccc4)c4cc([Si](C)(C)C)ccc4n3)cc21. The molecule has 0 unspecified atom stereocenters. The van der Waals surface area contributed by atoms with Crippen LogP contribution in [-0.2, 0) is 6.54 Å². The second-order valence-corrected chi connectivity index (χ2v) is 16.7. The van der Waals surface area contributed by atoms with Crippen molar-refractivity contribution in [3.8, 4) is 22.4 Å². The van der Waals surface area contributed by atoms with E-state index in [-0.39, 0.29) is 0 Å². The van der Waals surface area contributed by atoms with Crippen LogP contribution in [0.25, 0.3) is 55.1 Å². The molecule has 0 bridgehead atoms. The normalized spacial score (nSPS) is 12.3. The minimum atomic E-state index is -1.45. The van der Waals surface area contributed by atoms with E-state index in [1.807, 2.05) is 0 Å². The zero-order valence-electron chi connectivity index (χ0n) is 22.4. The zero-order chi connectivity index (χ0) is 25.7. The van der Waals surface area contributed by atoms with Crippen LogP contribution in [0.5, 0.6) is 0 Å². The average Bonchev–Trinajstić information content (AvgIpc) is 3.20. The Bertz CT molecular complexity index is 1750. The Balaban J connectivity index is 1.60. The molecule has 4 aromatic carbocycles. The molecule has 6 rings (SSSR count). The summed E-state index contributed by atoms with van der Waals surface area (Å²) in [5.74, 6) is 0.562. The molecule has 0 aliphatic carbocycles. The minimum Gasteiger partial charge on any atom is -0.340 e. The summed E-state index contributed by atoms with van der Waals surface area (Å²) in [6.07, 6.45) is 0. The fourth-order valence-corrected chi connectivity index (χ4v) is 6.63. The summed E-state index contributed by atoms with van der Waals surface area (Å²) in [7, 11) is -1.45. The smallest absolute Gasteiger partial charge is 0.0776 e. The van der Waals surface area contributed by atoms with Crippen molar-refractivity contribution in [2.75, 3.05) is 0 Å². The van der Waals surface area contributed by atoms with Gasteiger partial charge in [0.05, 0.1) is 19.3 Å². The molecule has 0 aliphatic heterocycles. The largest absolute Gasteiger partial charge is 0.340 e. The average molecular weight is 499 g/mol. The van der Waals surface area contributed by atoms with Gasteiger partial charge in [0.15, 0.2) is 0 Å². The molecule has 0 atom stereocenters. The van der Waals surface area contributed by atoms with E-state index in [1.165, 1.54) is 43.5 Å². The number of nitrogens with zero attached hydrogens (tertiary/aromatic N) is 2. The molecule has 0 amide bonds. The molecule has 0 aliphatic rings. The van der Waals surface area contributed by atoms with E-state index >= 15 is 0 Å². The number of fused-ring (bicyclic) bond motifs is 4. The van der Waals surface area contributed by atoms with Gasteiger partial charge in [-0.15, -0.1) is 0 Å². The number of benzene rings is 4. The molecule has 0 radical (unpaired) electrons. The van der Waals surface area contributed by atoms with E-state index < -0.39 is 8.07 Å². The highest BCUT2D eigenvalue weighted by molar-refractivity contribution is 6.88. The lowest BCUT2D eigenvalue weighted by Crippen LogP contribution is -2.37. The van der Waals surface area contributed by atoms with E-state index in [9.17, 15) is 0 Å². The van der Waals surface area contributed by atoms with Gasteiger partial charge >= 0.3 is 0 Å². The molecule has 0 saturated carbocycles. The third kappa shape index (κ3) is 4.28. The van der Waals surface area contributed by atoms with Gasteiger partial charge in [-0.2, -0.15) is 0 Å². The standard InChI is InChI=1S/C34H34N2Si/c1-23(2)22-36-33-14-10-9-13-27(33)28-17-15-25(19-34(28)36)32-21-29(24-11-7-6-8-12-24)30-20-26(37(3,4)5)16-18-31(30)35-32/h6-21,23H,22H2,1-5H3. The Morgan fingerprint density at radius 1 is 0.676 bits per heavy atom. The van der Waals surface area contributed by atoms with Crippen LogP contribution in [-0.4, -0.2) is 17.6 Å². The summed E-state index contributed by atoms with van der Waals surface area (Å²) in [6.45, 7) is 12.8. The Kier molecular flexibility index (Phi) is 5.76. The predicted molar refractivity (Wildman–Crippen MR) is 163 cm³/mol. The third-order valence-corrected chi connectivity index (χ3v) is 9.42. The zero-order valence-corrected chi connectivity index (χ0v) is 23.4. The minimum absolute atomic E-state index is 0.562. The van der Waals surface area contributed by atoms with Gasteiger partial charge in [0.25, 0.3) is 0 Å². The van der Waals surface area contributed by atoms with Crippen LogP contribution in [0, 0.1) is 5.92 Å². The van der Waals surface area contributed by atoms with Crippen molar-refractivity contribution in [3.63, 3.8) is 0 Å². The molecule has 37 heavy (non-hydrogen) atoms. The third-order valence-electron chi connectivity index (χ3n) is 7.38. The maximum absolute atomic E-state index is 5.21. The molecular weight excluding hydrogens is 464 g/mol. The molecule has 0 N–H and O–H groups in total. The maximum Gasteiger partial charge on any atom is 0.0776 e. The Morgan fingerprint density at radius 2 is 1.41 bits per heavy atom. The number of aromatic nitrogens is 2. The number of hydrogen-bond acceptors (Lipinski definition) is 1.